The SMILES string of the molecule is CC=C1C[C@H]2CC(C=CC/C=C\CC)[C@@H]1C2. The Balaban J connectivity index is 1.85. The zero-order valence-corrected chi connectivity index (χ0v) is 10.7. The summed E-state index contributed by atoms with van der Waals surface area (Å²) in [6.45, 7) is 4.40. The molecule has 0 heteroatoms. The monoisotopic (exact) mass is 216 g/mol. The van der Waals surface area contributed by atoms with Crippen molar-refractivity contribution in [3.05, 3.63) is 36.0 Å². The number of rotatable bonds is 4. The second-order valence-corrected chi connectivity index (χ2v) is 5.22. The lowest BCUT2D eigenvalue weighted by molar-refractivity contribution is 0.472. The van der Waals surface area contributed by atoms with E-state index in [0.717, 1.165) is 30.6 Å². The Kier molecular flexibility index (Phi) is 4.04. The first kappa shape index (κ1) is 11.7. The highest BCUT2D eigenvalue weighted by Crippen LogP contribution is 2.51. The van der Waals surface area contributed by atoms with Crippen molar-refractivity contribution in [3.63, 3.8) is 0 Å². The minimum Gasteiger partial charge on any atom is -0.0885 e. The van der Waals surface area contributed by atoms with Crippen LogP contribution in [-0.2, 0) is 0 Å². The van der Waals surface area contributed by atoms with Crippen LogP contribution < -0.4 is 0 Å². The van der Waals surface area contributed by atoms with Gasteiger partial charge in [-0.3, -0.25) is 0 Å². The zero-order chi connectivity index (χ0) is 11.4. The molecule has 2 aliphatic carbocycles. The highest BCUT2D eigenvalue weighted by molar-refractivity contribution is 5.21. The summed E-state index contributed by atoms with van der Waals surface area (Å²) in [6, 6.07) is 0. The van der Waals surface area contributed by atoms with Gasteiger partial charge in [-0.2, -0.15) is 0 Å². The van der Waals surface area contributed by atoms with Crippen molar-refractivity contribution < 1.29 is 0 Å². The van der Waals surface area contributed by atoms with E-state index in [4.69, 9.17) is 0 Å². The molecule has 3 atom stereocenters. The van der Waals surface area contributed by atoms with Crippen molar-refractivity contribution in [1.29, 1.82) is 0 Å². The van der Waals surface area contributed by atoms with Gasteiger partial charge in [-0.15, -0.1) is 0 Å². The third-order valence-corrected chi connectivity index (χ3v) is 4.14. The average molecular weight is 216 g/mol. The standard InChI is InChI=1S/C16H24/c1-3-5-6-7-8-9-15-11-13-10-14(4-2)16(15)12-13/h4-6,8-9,13,15-16H,3,7,10-12H2,1-2H3/b6-5-,9-8?,14-4?/t13-,15?,16+/m0/s1. The summed E-state index contributed by atoms with van der Waals surface area (Å²) >= 11 is 0. The molecule has 2 bridgehead atoms. The topological polar surface area (TPSA) is 0 Å². The predicted octanol–water partition coefficient (Wildman–Crippen LogP) is 4.89. The highest BCUT2D eigenvalue weighted by Gasteiger charge is 2.40. The molecule has 0 aromatic rings. The summed E-state index contributed by atoms with van der Waals surface area (Å²) in [5.74, 6) is 2.73. The number of fused-ring (bicyclic) bond motifs is 2. The maximum Gasteiger partial charge on any atom is -0.0137 e. The molecule has 0 N–H and O–H groups in total. The van der Waals surface area contributed by atoms with Crippen LogP contribution >= 0.6 is 0 Å². The Hall–Kier alpha value is -0.780. The molecule has 2 saturated carbocycles. The van der Waals surface area contributed by atoms with Gasteiger partial charge in [-0.05, 0) is 56.8 Å². The number of allylic oxidation sites excluding steroid dienone is 6. The van der Waals surface area contributed by atoms with E-state index >= 15 is 0 Å². The lowest BCUT2D eigenvalue weighted by Crippen LogP contribution is -2.10. The lowest BCUT2D eigenvalue weighted by Gasteiger charge is -2.21. The van der Waals surface area contributed by atoms with E-state index in [9.17, 15) is 0 Å². The van der Waals surface area contributed by atoms with Crippen LogP contribution in [0.25, 0.3) is 0 Å². The molecule has 0 spiro atoms. The van der Waals surface area contributed by atoms with Crippen molar-refractivity contribution in [2.24, 2.45) is 17.8 Å². The Morgan fingerprint density at radius 1 is 1.19 bits per heavy atom. The summed E-state index contributed by atoms with van der Waals surface area (Å²) in [5.41, 5.74) is 1.73. The molecule has 0 aliphatic heterocycles. The molecular formula is C16H24. The van der Waals surface area contributed by atoms with Crippen molar-refractivity contribution in [2.45, 2.75) is 46.0 Å². The normalized spacial score (nSPS) is 36.1. The van der Waals surface area contributed by atoms with Gasteiger partial charge in [0.15, 0.2) is 0 Å². The maximum atomic E-state index is 2.48. The van der Waals surface area contributed by atoms with Gasteiger partial charge in [0, 0.05) is 0 Å². The van der Waals surface area contributed by atoms with Crippen LogP contribution in [0.5, 0.6) is 0 Å². The van der Waals surface area contributed by atoms with Gasteiger partial charge in [-0.1, -0.05) is 42.9 Å². The smallest absolute Gasteiger partial charge is 0.0137 e. The Morgan fingerprint density at radius 3 is 2.75 bits per heavy atom. The zero-order valence-electron chi connectivity index (χ0n) is 10.7. The minimum absolute atomic E-state index is 0.847. The summed E-state index contributed by atoms with van der Waals surface area (Å²) in [4.78, 5) is 0. The van der Waals surface area contributed by atoms with Crippen LogP contribution in [0.15, 0.2) is 36.0 Å². The van der Waals surface area contributed by atoms with Crippen molar-refractivity contribution in [2.75, 3.05) is 0 Å². The molecule has 0 heterocycles. The van der Waals surface area contributed by atoms with Crippen molar-refractivity contribution in [1.82, 2.24) is 0 Å². The quantitative estimate of drug-likeness (QED) is 0.587. The predicted molar refractivity (Wildman–Crippen MR) is 71.3 cm³/mol. The Bertz CT molecular complexity index is 306. The van der Waals surface area contributed by atoms with Crippen LogP contribution in [0.1, 0.15) is 46.0 Å². The Labute approximate surface area is 100 Å². The van der Waals surface area contributed by atoms with Crippen LogP contribution in [0.2, 0.25) is 0 Å². The molecular weight excluding hydrogens is 192 g/mol. The van der Waals surface area contributed by atoms with Gasteiger partial charge >= 0.3 is 0 Å². The fourth-order valence-corrected chi connectivity index (χ4v) is 3.40. The van der Waals surface area contributed by atoms with Crippen LogP contribution in [-0.4, -0.2) is 0 Å². The van der Waals surface area contributed by atoms with Crippen LogP contribution in [0, 0.1) is 17.8 Å². The second kappa shape index (κ2) is 5.52. The fraction of sp³-hybridized carbons (Fsp3) is 0.625. The lowest BCUT2D eigenvalue weighted by atomic mass is 9.84. The molecule has 1 unspecified atom stereocenters. The van der Waals surface area contributed by atoms with E-state index in [0.29, 0.717) is 0 Å². The van der Waals surface area contributed by atoms with E-state index in [2.05, 4.69) is 44.2 Å². The number of hydrogen-bond donors (Lipinski definition) is 0. The fourth-order valence-electron chi connectivity index (χ4n) is 3.40. The summed E-state index contributed by atoms with van der Waals surface area (Å²) in [7, 11) is 0. The third-order valence-electron chi connectivity index (χ3n) is 4.14. The largest absolute Gasteiger partial charge is 0.0885 e. The van der Waals surface area contributed by atoms with E-state index in [1.54, 1.807) is 5.57 Å². The summed E-state index contributed by atoms with van der Waals surface area (Å²) in [6.07, 6.45) is 18.3. The highest BCUT2D eigenvalue weighted by atomic mass is 14.5. The molecule has 2 fully saturated rings. The van der Waals surface area contributed by atoms with Gasteiger partial charge < -0.3 is 0 Å². The van der Waals surface area contributed by atoms with Crippen molar-refractivity contribution in [3.8, 4) is 0 Å². The number of hydrogen-bond acceptors (Lipinski definition) is 0. The molecule has 2 aliphatic rings. The van der Waals surface area contributed by atoms with Gasteiger partial charge in [0.2, 0.25) is 0 Å². The third kappa shape index (κ3) is 2.48. The van der Waals surface area contributed by atoms with E-state index in [1.165, 1.54) is 19.3 Å². The first-order valence-corrected chi connectivity index (χ1v) is 6.81. The van der Waals surface area contributed by atoms with E-state index in [-0.39, 0.29) is 0 Å². The van der Waals surface area contributed by atoms with Gasteiger partial charge in [0.05, 0.1) is 0 Å². The van der Waals surface area contributed by atoms with E-state index < -0.39 is 0 Å². The molecule has 88 valence electrons. The molecule has 0 saturated heterocycles. The van der Waals surface area contributed by atoms with Crippen LogP contribution in [0.4, 0.5) is 0 Å². The summed E-state index contributed by atoms with van der Waals surface area (Å²) < 4.78 is 0. The molecule has 0 radical (unpaired) electrons. The molecule has 16 heavy (non-hydrogen) atoms. The molecule has 2 rings (SSSR count). The first-order valence-electron chi connectivity index (χ1n) is 6.81. The van der Waals surface area contributed by atoms with Crippen molar-refractivity contribution >= 4 is 0 Å². The molecule has 0 aromatic heterocycles. The molecule has 0 nitrogen and oxygen atoms in total. The van der Waals surface area contributed by atoms with Gasteiger partial charge in [-0.25, -0.2) is 0 Å². The van der Waals surface area contributed by atoms with Crippen LogP contribution in [0.3, 0.4) is 0 Å². The van der Waals surface area contributed by atoms with Gasteiger partial charge in [0.1, 0.15) is 0 Å². The molecule has 0 amide bonds. The second-order valence-electron chi connectivity index (χ2n) is 5.22. The Morgan fingerprint density at radius 2 is 2.06 bits per heavy atom. The minimum atomic E-state index is 0.847. The molecule has 0 aromatic carbocycles. The maximum absolute atomic E-state index is 2.48. The van der Waals surface area contributed by atoms with Gasteiger partial charge in [0.25, 0.3) is 0 Å². The summed E-state index contributed by atoms with van der Waals surface area (Å²) in [5, 5.41) is 0. The first-order chi connectivity index (χ1) is 7.85. The average Bonchev–Trinajstić information content (AvgIpc) is 2.87. The van der Waals surface area contributed by atoms with E-state index in [1.807, 2.05) is 0 Å².